The highest BCUT2D eigenvalue weighted by Gasteiger charge is 2.20. The summed E-state index contributed by atoms with van der Waals surface area (Å²) >= 11 is 1.46. The topological polar surface area (TPSA) is 167 Å². The number of carboxylic acids is 1. The third-order valence-corrected chi connectivity index (χ3v) is 4.52. The zero-order valence-electron chi connectivity index (χ0n) is 14.7. The van der Waals surface area contributed by atoms with Crippen LogP contribution in [0.2, 0.25) is 0 Å². The van der Waals surface area contributed by atoms with Gasteiger partial charge in [-0.25, -0.2) is 14.6 Å². The van der Waals surface area contributed by atoms with Gasteiger partial charge in [0.25, 0.3) is 11.1 Å². The van der Waals surface area contributed by atoms with Crippen molar-refractivity contribution in [2.45, 2.75) is 25.3 Å². The van der Waals surface area contributed by atoms with Crippen LogP contribution < -0.4 is 22.1 Å². The Bertz CT molecular complexity index is 1040. The van der Waals surface area contributed by atoms with Crippen molar-refractivity contribution < 1.29 is 14.7 Å². The van der Waals surface area contributed by atoms with E-state index in [1.807, 2.05) is 6.26 Å². The molecular formula is C15H19N5O6S. The molecule has 146 valence electrons. The van der Waals surface area contributed by atoms with Gasteiger partial charge in [0, 0.05) is 19.9 Å². The van der Waals surface area contributed by atoms with Gasteiger partial charge in [0.1, 0.15) is 17.4 Å². The Morgan fingerprint density at radius 3 is 2.59 bits per heavy atom. The van der Waals surface area contributed by atoms with Gasteiger partial charge >= 0.3 is 11.7 Å². The SMILES string of the molecule is CSCC[C@H](NC(=O)CCc1nc2c(=O)[nH]c(=O)n(C)c2[nH]c1=O)C(=O)O. The fraction of sp³-hybridized carbons (Fsp3) is 0.467. The summed E-state index contributed by atoms with van der Waals surface area (Å²) in [5.41, 5.74) is -2.29. The number of nitrogens with one attached hydrogen (secondary N) is 3. The van der Waals surface area contributed by atoms with Crippen molar-refractivity contribution >= 4 is 34.8 Å². The second-order valence-electron chi connectivity index (χ2n) is 5.77. The van der Waals surface area contributed by atoms with E-state index in [9.17, 15) is 24.0 Å². The molecule has 4 N–H and O–H groups in total. The van der Waals surface area contributed by atoms with Crippen LogP contribution in [0.1, 0.15) is 18.5 Å². The molecule has 0 fully saturated rings. The summed E-state index contributed by atoms with van der Waals surface area (Å²) in [5, 5.41) is 11.5. The van der Waals surface area contributed by atoms with Crippen LogP contribution >= 0.6 is 11.8 Å². The first-order valence-electron chi connectivity index (χ1n) is 7.98. The molecule has 0 aliphatic carbocycles. The molecule has 0 aromatic carbocycles. The van der Waals surface area contributed by atoms with E-state index in [0.29, 0.717) is 5.75 Å². The van der Waals surface area contributed by atoms with Gasteiger partial charge in [-0.05, 0) is 18.4 Å². The molecule has 12 heteroatoms. The average molecular weight is 397 g/mol. The molecule has 2 heterocycles. The summed E-state index contributed by atoms with van der Waals surface area (Å²) in [7, 11) is 1.37. The number of hydrogen-bond donors (Lipinski definition) is 4. The third-order valence-electron chi connectivity index (χ3n) is 3.87. The monoisotopic (exact) mass is 397 g/mol. The Morgan fingerprint density at radius 2 is 1.96 bits per heavy atom. The van der Waals surface area contributed by atoms with Crippen LogP contribution in [-0.2, 0) is 23.1 Å². The number of aryl methyl sites for hydroxylation is 2. The average Bonchev–Trinajstić information content (AvgIpc) is 2.61. The zero-order chi connectivity index (χ0) is 20.1. The number of nitrogens with zero attached hydrogens (tertiary/aromatic N) is 2. The lowest BCUT2D eigenvalue weighted by molar-refractivity contribution is -0.141. The first-order chi connectivity index (χ1) is 12.7. The van der Waals surface area contributed by atoms with Gasteiger partial charge in [-0.3, -0.25) is 23.9 Å². The van der Waals surface area contributed by atoms with Gasteiger partial charge in [0.15, 0.2) is 5.52 Å². The summed E-state index contributed by atoms with van der Waals surface area (Å²) < 4.78 is 1.05. The number of rotatable bonds is 8. The van der Waals surface area contributed by atoms with E-state index in [-0.39, 0.29) is 36.1 Å². The van der Waals surface area contributed by atoms with Crippen molar-refractivity contribution in [2.75, 3.05) is 12.0 Å². The Morgan fingerprint density at radius 1 is 1.26 bits per heavy atom. The molecule has 0 saturated carbocycles. The summed E-state index contributed by atoms with van der Waals surface area (Å²) in [6.07, 6.45) is 1.85. The number of carboxylic acid groups (broad SMARTS) is 1. The number of H-pyrrole nitrogens is 2. The predicted molar refractivity (Wildman–Crippen MR) is 99.1 cm³/mol. The van der Waals surface area contributed by atoms with Crippen molar-refractivity contribution in [3.05, 3.63) is 36.9 Å². The summed E-state index contributed by atoms with van der Waals surface area (Å²) in [6.45, 7) is 0. The van der Waals surface area contributed by atoms with E-state index < -0.39 is 34.7 Å². The Labute approximate surface area is 156 Å². The lowest BCUT2D eigenvalue weighted by atomic mass is 10.2. The number of amides is 1. The molecule has 1 atom stereocenters. The highest BCUT2D eigenvalue weighted by molar-refractivity contribution is 7.98. The van der Waals surface area contributed by atoms with E-state index in [2.05, 4.69) is 20.3 Å². The molecule has 0 saturated heterocycles. The predicted octanol–water partition coefficient (Wildman–Crippen LogP) is -1.43. The first-order valence-corrected chi connectivity index (χ1v) is 9.37. The van der Waals surface area contributed by atoms with Crippen LogP contribution in [0.4, 0.5) is 0 Å². The molecule has 2 aromatic heterocycles. The Kier molecular flexibility index (Phi) is 6.55. The van der Waals surface area contributed by atoms with Gasteiger partial charge in [-0.15, -0.1) is 0 Å². The van der Waals surface area contributed by atoms with Crippen LogP contribution in [0.5, 0.6) is 0 Å². The highest BCUT2D eigenvalue weighted by atomic mass is 32.2. The van der Waals surface area contributed by atoms with Crippen molar-refractivity contribution in [1.82, 2.24) is 24.8 Å². The van der Waals surface area contributed by atoms with Crippen LogP contribution in [0.15, 0.2) is 14.4 Å². The molecule has 0 radical (unpaired) electrons. The number of thioether (sulfide) groups is 1. The van der Waals surface area contributed by atoms with Crippen LogP contribution in [0.3, 0.4) is 0 Å². The normalized spacial score (nSPS) is 12.1. The maximum absolute atomic E-state index is 12.1. The molecular weight excluding hydrogens is 378 g/mol. The van der Waals surface area contributed by atoms with E-state index in [0.717, 1.165) is 4.57 Å². The van der Waals surface area contributed by atoms with Gasteiger partial charge in [0.05, 0.1) is 0 Å². The lowest BCUT2D eigenvalue weighted by Gasteiger charge is -2.13. The first kappa shape index (κ1) is 20.4. The van der Waals surface area contributed by atoms with Crippen molar-refractivity contribution in [2.24, 2.45) is 7.05 Å². The summed E-state index contributed by atoms with van der Waals surface area (Å²) in [4.78, 5) is 67.2. The van der Waals surface area contributed by atoms with Gasteiger partial charge in [-0.2, -0.15) is 11.8 Å². The van der Waals surface area contributed by atoms with E-state index >= 15 is 0 Å². The second kappa shape index (κ2) is 8.66. The maximum Gasteiger partial charge on any atom is 0.329 e. The molecule has 0 bridgehead atoms. The number of carbonyl (C=O) groups excluding carboxylic acids is 1. The second-order valence-corrected chi connectivity index (χ2v) is 6.75. The van der Waals surface area contributed by atoms with Gasteiger partial charge in [-0.1, -0.05) is 0 Å². The van der Waals surface area contributed by atoms with Gasteiger partial charge < -0.3 is 15.4 Å². The fourth-order valence-electron chi connectivity index (χ4n) is 2.38. The molecule has 2 aromatic rings. The number of aliphatic carboxylic acids is 1. The molecule has 27 heavy (non-hydrogen) atoms. The summed E-state index contributed by atoms with van der Waals surface area (Å²) in [5.74, 6) is -1.10. The number of aromatic amines is 2. The van der Waals surface area contributed by atoms with E-state index in [4.69, 9.17) is 5.11 Å². The Hall–Kier alpha value is -2.89. The van der Waals surface area contributed by atoms with Crippen molar-refractivity contribution in [3.63, 3.8) is 0 Å². The molecule has 0 aliphatic heterocycles. The van der Waals surface area contributed by atoms with Crippen LogP contribution in [0.25, 0.3) is 11.2 Å². The van der Waals surface area contributed by atoms with E-state index in [1.54, 1.807) is 0 Å². The standard InChI is InChI=1S/C15H19N5O6S/c1-20-11-10(13(23)19-15(20)26)17-7(12(22)18-11)3-4-9(21)16-8(14(24)25)5-6-27-2/h8H,3-6H2,1-2H3,(H,16,21)(H,18,22)(H,24,25)(H,19,23,26)/t8-/m0/s1. The number of fused-ring (bicyclic) bond motifs is 1. The van der Waals surface area contributed by atoms with Crippen LogP contribution in [-0.4, -0.2) is 54.6 Å². The Balaban J connectivity index is 2.17. The van der Waals surface area contributed by atoms with Crippen molar-refractivity contribution in [3.8, 4) is 0 Å². The minimum Gasteiger partial charge on any atom is -0.480 e. The molecule has 1 amide bonds. The minimum absolute atomic E-state index is 0.0232. The number of aromatic nitrogens is 4. The van der Waals surface area contributed by atoms with Gasteiger partial charge in [0.2, 0.25) is 5.91 Å². The zero-order valence-corrected chi connectivity index (χ0v) is 15.5. The van der Waals surface area contributed by atoms with Crippen molar-refractivity contribution in [1.29, 1.82) is 0 Å². The molecule has 11 nitrogen and oxygen atoms in total. The summed E-state index contributed by atoms with van der Waals surface area (Å²) in [6, 6.07) is -1.01. The van der Waals surface area contributed by atoms with Crippen LogP contribution in [0, 0.1) is 0 Å². The molecule has 0 aliphatic rings. The third kappa shape index (κ3) is 4.84. The fourth-order valence-corrected chi connectivity index (χ4v) is 2.85. The maximum atomic E-state index is 12.1. The molecule has 0 spiro atoms. The quantitative estimate of drug-likeness (QED) is 0.420. The largest absolute Gasteiger partial charge is 0.480 e. The number of carbonyl (C=O) groups is 2. The lowest BCUT2D eigenvalue weighted by Crippen LogP contribution is -2.41. The highest BCUT2D eigenvalue weighted by Crippen LogP contribution is 2.03. The smallest absolute Gasteiger partial charge is 0.329 e. The van der Waals surface area contributed by atoms with E-state index in [1.165, 1.54) is 18.8 Å². The molecule has 2 rings (SSSR count). The number of hydrogen-bond acceptors (Lipinski definition) is 7. The minimum atomic E-state index is -1.13. The molecule has 0 unspecified atom stereocenters.